The zero-order valence-electron chi connectivity index (χ0n) is 14.0. The van der Waals surface area contributed by atoms with Crippen molar-refractivity contribution >= 4 is 17.5 Å². The molecule has 0 aliphatic rings. The number of urea groups is 1. The Kier molecular flexibility index (Phi) is 6.97. The molecule has 2 rings (SSSR count). The number of carbonyl (C=O) groups excluding carboxylic acids is 1. The van der Waals surface area contributed by atoms with Crippen molar-refractivity contribution in [2.45, 2.75) is 13.0 Å². The zero-order chi connectivity index (χ0) is 17.2. The predicted octanol–water partition coefficient (Wildman–Crippen LogP) is 2.27. The molecule has 0 unspecified atom stereocenters. The van der Waals surface area contributed by atoms with Gasteiger partial charge in [-0.1, -0.05) is 18.2 Å². The number of nitrogens with zero attached hydrogens (tertiary/aromatic N) is 3. The molecule has 128 valence electrons. The van der Waals surface area contributed by atoms with Crippen molar-refractivity contribution in [2.24, 2.45) is 0 Å². The van der Waals surface area contributed by atoms with Gasteiger partial charge in [-0.3, -0.25) is 5.32 Å². The summed E-state index contributed by atoms with van der Waals surface area (Å²) in [6, 6.07) is 11.5. The summed E-state index contributed by atoms with van der Waals surface area (Å²) in [7, 11) is 3.63. The van der Waals surface area contributed by atoms with Crippen molar-refractivity contribution in [1.82, 2.24) is 15.3 Å². The van der Waals surface area contributed by atoms with Gasteiger partial charge in [-0.2, -0.15) is 0 Å². The van der Waals surface area contributed by atoms with Gasteiger partial charge < -0.3 is 15.0 Å². The van der Waals surface area contributed by atoms with Crippen molar-refractivity contribution in [2.75, 3.05) is 37.5 Å². The van der Waals surface area contributed by atoms with E-state index in [2.05, 4.69) is 37.6 Å². The first kappa shape index (κ1) is 17.7. The topological polar surface area (TPSA) is 79.4 Å². The zero-order valence-corrected chi connectivity index (χ0v) is 14.0. The maximum atomic E-state index is 11.9. The van der Waals surface area contributed by atoms with Crippen molar-refractivity contribution in [3.8, 4) is 0 Å². The molecule has 1 heterocycles. The van der Waals surface area contributed by atoms with Gasteiger partial charge in [-0.05, 0) is 18.6 Å². The number of anilines is 2. The molecule has 1 aromatic carbocycles. The lowest BCUT2D eigenvalue weighted by molar-refractivity contribution is 0.181. The van der Waals surface area contributed by atoms with Crippen LogP contribution in [0.5, 0.6) is 0 Å². The third-order valence-electron chi connectivity index (χ3n) is 3.41. The molecule has 0 radical (unpaired) electrons. The number of nitrogens with one attached hydrogen (secondary N) is 2. The highest BCUT2D eigenvalue weighted by molar-refractivity contribution is 5.88. The van der Waals surface area contributed by atoms with Crippen LogP contribution in [0.25, 0.3) is 0 Å². The third kappa shape index (κ3) is 5.85. The molecule has 0 saturated carbocycles. The van der Waals surface area contributed by atoms with E-state index in [1.54, 1.807) is 13.2 Å². The minimum Gasteiger partial charge on any atom is -0.378 e. The Morgan fingerprint density at radius 2 is 2.04 bits per heavy atom. The molecule has 0 saturated heterocycles. The number of carbonyl (C=O) groups is 1. The minimum absolute atomic E-state index is 0.278. The Balaban J connectivity index is 1.69. The second-order valence-corrected chi connectivity index (χ2v) is 5.32. The van der Waals surface area contributed by atoms with Crippen molar-refractivity contribution < 1.29 is 9.53 Å². The van der Waals surface area contributed by atoms with Gasteiger partial charge in [0.05, 0.1) is 12.3 Å². The number of benzene rings is 1. The molecule has 2 amide bonds. The van der Waals surface area contributed by atoms with Crippen LogP contribution in [-0.2, 0) is 11.3 Å². The van der Waals surface area contributed by atoms with E-state index in [4.69, 9.17) is 4.74 Å². The molecular weight excluding hydrogens is 306 g/mol. The number of para-hydroxylation sites is 1. The molecule has 7 heteroatoms. The number of ether oxygens (including phenoxy) is 1. The lowest BCUT2D eigenvalue weighted by atomic mass is 10.3. The first-order valence-electron chi connectivity index (χ1n) is 7.80. The van der Waals surface area contributed by atoms with Crippen LogP contribution in [0.2, 0.25) is 0 Å². The van der Waals surface area contributed by atoms with Crippen LogP contribution in [0.4, 0.5) is 16.3 Å². The van der Waals surface area contributed by atoms with Gasteiger partial charge in [0.25, 0.3) is 0 Å². The van der Waals surface area contributed by atoms with Gasteiger partial charge in [0.1, 0.15) is 12.1 Å². The van der Waals surface area contributed by atoms with E-state index in [0.29, 0.717) is 24.7 Å². The Labute approximate surface area is 142 Å². The van der Waals surface area contributed by atoms with Gasteiger partial charge in [0.2, 0.25) is 0 Å². The highest BCUT2D eigenvalue weighted by atomic mass is 16.5. The summed E-state index contributed by atoms with van der Waals surface area (Å²) in [5.74, 6) is 0.455. The number of rotatable bonds is 8. The van der Waals surface area contributed by atoms with E-state index in [0.717, 1.165) is 18.7 Å². The van der Waals surface area contributed by atoms with Crippen LogP contribution in [0, 0.1) is 0 Å². The molecule has 0 aliphatic carbocycles. The van der Waals surface area contributed by atoms with Crippen LogP contribution in [0.15, 0.2) is 42.7 Å². The van der Waals surface area contributed by atoms with Gasteiger partial charge in [-0.25, -0.2) is 14.8 Å². The summed E-state index contributed by atoms with van der Waals surface area (Å²) in [6.45, 7) is 1.82. The first-order chi connectivity index (χ1) is 11.7. The van der Waals surface area contributed by atoms with Gasteiger partial charge in [-0.15, -0.1) is 0 Å². The van der Waals surface area contributed by atoms with E-state index < -0.39 is 0 Å². The fourth-order valence-corrected chi connectivity index (χ4v) is 2.18. The molecular formula is C17H23N5O2. The maximum absolute atomic E-state index is 11.9. The highest BCUT2D eigenvalue weighted by Crippen LogP contribution is 2.10. The largest absolute Gasteiger partial charge is 0.378 e. The summed E-state index contributed by atoms with van der Waals surface area (Å²) in [5.41, 5.74) is 1.88. The molecule has 24 heavy (non-hydrogen) atoms. The average Bonchev–Trinajstić information content (AvgIpc) is 2.60. The molecule has 2 aromatic rings. The first-order valence-corrected chi connectivity index (χ1v) is 7.80. The van der Waals surface area contributed by atoms with Crippen molar-refractivity contribution in [3.05, 3.63) is 48.4 Å². The summed E-state index contributed by atoms with van der Waals surface area (Å²) in [4.78, 5) is 22.1. The number of methoxy groups -OCH3 is 1. The van der Waals surface area contributed by atoms with Gasteiger partial charge in [0, 0.05) is 39.0 Å². The van der Waals surface area contributed by atoms with E-state index in [-0.39, 0.29) is 6.03 Å². The molecule has 0 atom stereocenters. The number of aromatic nitrogens is 2. The minimum atomic E-state index is -0.278. The lowest BCUT2D eigenvalue weighted by Gasteiger charge is -2.19. The summed E-state index contributed by atoms with van der Waals surface area (Å²) < 4.78 is 5.00. The fourth-order valence-electron chi connectivity index (χ4n) is 2.18. The second kappa shape index (κ2) is 9.46. The third-order valence-corrected chi connectivity index (χ3v) is 3.41. The van der Waals surface area contributed by atoms with E-state index in [1.165, 1.54) is 6.33 Å². The summed E-state index contributed by atoms with van der Waals surface area (Å²) in [5, 5.41) is 5.51. The standard InChI is InChI=1S/C17H23N5O2/c1-22(15-7-4-3-5-8-15)10-6-9-18-17(23)21-16-11-14(12-24-2)19-13-20-16/h3-5,7-8,11,13H,6,9-10,12H2,1-2H3,(H2,18,19,20,21,23). The van der Waals surface area contributed by atoms with Crippen LogP contribution in [-0.4, -0.2) is 43.2 Å². The summed E-state index contributed by atoms with van der Waals surface area (Å²) in [6.07, 6.45) is 2.25. The predicted molar refractivity (Wildman–Crippen MR) is 94.1 cm³/mol. The van der Waals surface area contributed by atoms with Crippen LogP contribution < -0.4 is 15.5 Å². The quantitative estimate of drug-likeness (QED) is 0.726. The maximum Gasteiger partial charge on any atom is 0.320 e. The van der Waals surface area contributed by atoms with Crippen molar-refractivity contribution in [1.29, 1.82) is 0 Å². The molecule has 0 aliphatic heterocycles. The van der Waals surface area contributed by atoms with Crippen LogP contribution in [0.3, 0.4) is 0 Å². The Hall–Kier alpha value is -2.67. The van der Waals surface area contributed by atoms with Gasteiger partial charge >= 0.3 is 6.03 Å². The monoisotopic (exact) mass is 329 g/mol. The lowest BCUT2D eigenvalue weighted by Crippen LogP contribution is -2.32. The normalized spacial score (nSPS) is 10.2. The molecule has 1 aromatic heterocycles. The number of hydrogen-bond acceptors (Lipinski definition) is 5. The van der Waals surface area contributed by atoms with Crippen LogP contribution >= 0.6 is 0 Å². The summed E-state index contributed by atoms with van der Waals surface area (Å²) >= 11 is 0. The second-order valence-electron chi connectivity index (χ2n) is 5.32. The Morgan fingerprint density at radius 3 is 2.79 bits per heavy atom. The van der Waals surface area contributed by atoms with Gasteiger partial charge in [0.15, 0.2) is 0 Å². The molecule has 7 nitrogen and oxygen atoms in total. The Bertz CT molecular complexity index is 636. The molecule has 0 fully saturated rings. The number of hydrogen-bond donors (Lipinski definition) is 2. The SMILES string of the molecule is COCc1cc(NC(=O)NCCCN(C)c2ccccc2)ncn1. The smallest absolute Gasteiger partial charge is 0.320 e. The molecule has 0 bridgehead atoms. The average molecular weight is 329 g/mol. The molecule has 2 N–H and O–H groups in total. The molecule has 0 spiro atoms. The highest BCUT2D eigenvalue weighted by Gasteiger charge is 2.05. The van der Waals surface area contributed by atoms with E-state index in [1.807, 2.05) is 25.2 Å². The fraction of sp³-hybridized carbons (Fsp3) is 0.353. The van der Waals surface area contributed by atoms with Crippen molar-refractivity contribution in [3.63, 3.8) is 0 Å². The van der Waals surface area contributed by atoms with Crippen LogP contribution in [0.1, 0.15) is 12.1 Å². The number of amides is 2. The van der Waals surface area contributed by atoms with E-state index in [9.17, 15) is 4.79 Å². The van der Waals surface area contributed by atoms with E-state index >= 15 is 0 Å². The Morgan fingerprint density at radius 1 is 1.25 bits per heavy atom.